The Labute approximate surface area is 130 Å². The summed E-state index contributed by atoms with van der Waals surface area (Å²) >= 11 is 0. The van der Waals surface area contributed by atoms with Crippen molar-refractivity contribution in [3.63, 3.8) is 0 Å². The normalized spacial score (nSPS) is 24.5. The van der Waals surface area contributed by atoms with E-state index in [2.05, 4.69) is 16.8 Å². The van der Waals surface area contributed by atoms with Gasteiger partial charge in [0.1, 0.15) is 17.8 Å². The van der Waals surface area contributed by atoms with Gasteiger partial charge in [-0.25, -0.2) is 0 Å². The number of hydrogen-bond acceptors (Lipinski definition) is 4. The number of anilines is 1. The molecule has 0 saturated carbocycles. The first-order valence-corrected chi connectivity index (χ1v) is 7.63. The maximum atomic E-state index is 12.6. The second-order valence-corrected chi connectivity index (χ2v) is 6.24. The molecular formula is C17H22N2O3. The molecule has 0 radical (unpaired) electrons. The monoisotopic (exact) mass is 302 g/mol. The Balaban J connectivity index is 1.96. The van der Waals surface area contributed by atoms with Crippen molar-refractivity contribution in [2.45, 2.75) is 19.8 Å². The molecule has 22 heavy (non-hydrogen) atoms. The quantitative estimate of drug-likeness (QED) is 0.871. The maximum Gasteiger partial charge on any atom is 0.235 e. The number of hydrogen-bond donors (Lipinski definition) is 2. The number of allylic oxidation sites excluding steroid dienone is 1. The zero-order valence-electron chi connectivity index (χ0n) is 12.9. The molecule has 3 rings (SSSR count). The number of amides is 1. The SMILES string of the molecule is C=C1CCC2(COc3cc(C)ccc3N(CCO)C2)C(=O)N1. The summed E-state index contributed by atoms with van der Waals surface area (Å²) in [5, 5.41) is 12.3. The molecule has 2 aliphatic heterocycles. The van der Waals surface area contributed by atoms with Crippen LogP contribution in [0.4, 0.5) is 5.69 Å². The molecule has 1 fully saturated rings. The predicted molar refractivity (Wildman–Crippen MR) is 84.9 cm³/mol. The van der Waals surface area contributed by atoms with Crippen LogP contribution >= 0.6 is 0 Å². The van der Waals surface area contributed by atoms with Crippen molar-refractivity contribution in [1.82, 2.24) is 5.32 Å². The van der Waals surface area contributed by atoms with E-state index < -0.39 is 5.41 Å². The molecule has 1 aromatic carbocycles. The first kappa shape index (κ1) is 14.9. The summed E-state index contributed by atoms with van der Waals surface area (Å²) in [5.41, 5.74) is 2.22. The van der Waals surface area contributed by atoms with Gasteiger partial charge in [-0.15, -0.1) is 0 Å². The molecule has 1 unspecified atom stereocenters. The molecule has 5 heteroatoms. The van der Waals surface area contributed by atoms with Crippen LogP contribution in [0.25, 0.3) is 0 Å². The Morgan fingerprint density at radius 3 is 3.05 bits per heavy atom. The molecule has 0 bridgehead atoms. The van der Waals surface area contributed by atoms with Gasteiger partial charge in [0.15, 0.2) is 0 Å². The summed E-state index contributed by atoms with van der Waals surface area (Å²) in [6, 6.07) is 6.00. The molecule has 5 nitrogen and oxygen atoms in total. The smallest absolute Gasteiger partial charge is 0.235 e. The lowest BCUT2D eigenvalue weighted by Crippen LogP contribution is -2.53. The summed E-state index contributed by atoms with van der Waals surface area (Å²) in [6.07, 6.45) is 1.48. The molecule has 1 amide bonds. The van der Waals surface area contributed by atoms with Crippen LogP contribution in [-0.4, -0.2) is 37.3 Å². The highest BCUT2D eigenvalue weighted by Gasteiger charge is 2.45. The van der Waals surface area contributed by atoms with E-state index in [1.807, 2.05) is 25.1 Å². The molecule has 1 atom stereocenters. The van der Waals surface area contributed by atoms with Crippen molar-refractivity contribution in [2.24, 2.45) is 5.41 Å². The minimum atomic E-state index is -0.594. The van der Waals surface area contributed by atoms with Crippen LogP contribution in [0.1, 0.15) is 18.4 Å². The molecule has 2 aliphatic rings. The van der Waals surface area contributed by atoms with E-state index in [1.165, 1.54) is 0 Å². The minimum absolute atomic E-state index is 0.0313. The average molecular weight is 302 g/mol. The fraction of sp³-hybridized carbons (Fsp3) is 0.471. The van der Waals surface area contributed by atoms with Gasteiger partial charge in [0.05, 0.1) is 12.3 Å². The Kier molecular flexibility index (Phi) is 3.83. The van der Waals surface area contributed by atoms with Crippen molar-refractivity contribution in [1.29, 1.82) is 0 Å². The largest absolute Gasteiger partial charge is 0.490 e. The van der Waals surface area contributed by atoms with Crippen LogP contribution < -0.4 is 15.0 Å². The Hall–Kier alpha value is -2.01. The van der Waals surface area contributed by atoms with Crippen molar-refractivity contribution in [3.05, 3.63) is 36.0 Å². The predicted octanol–water partition coefficient (Wildman–Crippen LogP) is 1.60. The highest BCUT2D eigenvalue weighted by Crippen LogP contribution is 2.40. The first-order chi connectivity index (χ1) is 10.5. The standard InChI is InChI=1S/C17H22N2O3/c1-12-3-4-14-15(9-12)22-11-17(10-19(14)7-8-20)6-5-13(2)18-16(17)21/h3-4,9,20H,2,5-8,10-11H2,1H3,(H,18,21). The van der Waals surface area contributed by atoms with E-state index in [1.54, 1.807) is 0 Å². The number of carbonyl (C=O) groups is 1. The molecule has 2 heterocycles. The number of aryl methyl sites for hydroxylation is 1. The lowest BCUT2D eigenvalue weighted by Gasteiger charge is -2.38. The number of carbonyl (C=O) groups excluding carboxylic acids is 1. The minimum Gasteiger partial charge on any atom is -0.490 e. The van der Waals surface area contributed by atoms with Crippen LogP contribution in [0.5, 0.6) is 5.75 Å². The summed E-state index contributed by atoms with van der Waals surface area (Å²) in [7, 11) is 0. The molecule has 0 aromatic heterocycles. The molecular weight excluding hydrogens is 280 g/mol. The number of nitrogens with one attached hydrogen (secondary N) is 1. The number of benzene rings is 1. The summed E-state index contributed by atoms with van der Waals surface area (Å²) in [6.45, 7) is 7.27. The van der Waals surface area contributed by atoms with E-state index in [4.69, 9.17) is 4.74 Å². The number of nitrogens with zero attached hydrogens (tertiary/aromatic N) is 1. The van der Waals surface area contributed by atoms with Gasteiger partial charge in [-0.1, -0.05) is 12.6 Å². The van der Waals surface area contributed by atoms with Gasteiger partial charge in [0.25, 0.3) is 0 Å². The lowest BCUT2D eigenvalue weighted by molar-refractivity contribution is -0.133. The van der Waals surface area contributed by atoms with Gasteiger partial charge in [0.2, 0.25) is 5.91 Å². The van der Waals surface area contributed by atoms with E-state index in [-0.39, 0.29) is 12.5 Å². The number of aliphatic hydroxyl groups excluding tert-OH is 1. The highest BCUT2D eigenvalue weighted by atomic mass is 16.5. The fourth-order valence-electron chi connectivity index (χ4n) is 3.18. The molecule has 1 spiro atoms. The van der Waals surface area contributed by atoms with E-state index >= 15 is 0 Å². The third kappa shape index (κ3) is 2.57. The maximum absolute atomic E-state index is 12.6. The first-order valence-electron chi connectivity index (χ1n) is 7.63. The second kappa shape index (κ2) is 5.65. The molecule has 2 N–H and O–H groups in total. The van der Waals surface area contributed by atoms with Crippen molar-refractivity contribution >= 4 is 11.6 Å². The van der Waals surface area contributed by atoms with Crippen LogP contribution in [0, 0.1) is 12.3 Å². The molecule has 1 aromatic rings. The van der Waals surface area contributed by atoms with Gasteiger partial charge in [-0.2, -0.15) is 0 Å². The number of aliphatic hydroxyl groups is 1. The second-order valence-electron chi connectivity index (χ2n) is 6.24. The Morgan fingerprint density at radius 1 is 1.50 bits per heavy atom. The third-order valence-corrected chi connectivity index (χ3v) is 4.50. The number of rotatable bonds is 2. The van der Waals surface area contributed by atoms with Gasteiger partial charge in [0, 0.05) is 18.8 Å². The van der Waals surface area contributed by atoms with Crippen molar-refractivity contribution in [3.8, 4) is 5.75 Å². The summed E-state index contributed by atoms with van der Waals surface area (Å²) in [4.78, 5) is 14.6. The van der Waals surface area contributed by atoms with Gasteiger partial charge >= 0.3 is 0 Å². The fourth-order valence-corrected chi connectivity index (χ4v) is 3.18. The number of fused-ring (bicyclic) bond motifs is 1. The topological polar surface area (TPSA) is 61.8 Å². The average Bonchev–Trinajstić information content (AvgIpc) is 2.63. The van der Waals surface area contributed by atoms with Crippen molar-refractivity contribution in [2.75, 3.05) is 31.2 Å². The number of β-amino-alcohol motifs (C(OH)–C–C–N with tert-alkyl or cyclic N) is 1. The van der Waals surface area contributed by atoms with Crippen LogP contribution in [0.2, 0.25) is 0 Å². The lowest BCUT2D eigenvalue weighted by atomic mass is 9.79. The van der Waals surface area contributed by atoms with Gasteiger partial charge < -0.3 is 20.1 Å². The molecule has 118 valence electrons. The van der Waals surface area contributed by atoms with Gasteiger partial charge in [-0.3, -0.25) is 4.79 Å². The Bertz CT molecular complexity index is 614. The highest BCUT2D eigenvalue weighted by molar-refractivity contribution is 5.86. The van der Waals surface area contributed by atoms with E-state index in [0.717, 1.165) is 29.1 Å². The van der Waals surface area contributed by atoms with E-state index in [0.29, 0.717) is 26.1 Å². The van der Waals surface area contributed by atoms with Crippen LogP contribution in [0.3, 0.4) is 0 Å². The van der Waals surface area contributed by atoms with E-state index in [9.17, 15) is 9.90 Å². The third-order valence-electron chi connectivity index (χ3n) is 4.50. The number of piperidine rings is 1. The summed E-state index contributed by atoms with van der Waals surface area (Å²) < 4.78 is 5.99. The van der Waals surface area contributed by atoms with Crippen LogP contribution in [-0.2, 0) is 4.79 Å². The van der Waals surface area contributed by atoms with Crippen LogP contribution in [0.15, 0.2) is 30.5 Å². The van der Waals surface area contributed by atoms with Gasteiger partial charge in [-0.05, 0) is 37.5 Å². The zero-order valence-corrected chi connectivity index (χ0v) is 12.9. The molecule has 0 aliphatic carbocycles. The Morgan fingerprint density at radius 2 is 2.32 bits per heavy atom. The zero-order chi connectivity index (χ0) is 15.7. The number of ether oxygens (including phenoxy) is 1. The van der Waals surface area contributed by atoms with Crippen molar-refractivity contribution < 1.29 is 14.6 Å². The molecule has 1 saturated heterocycles. The summed E-state index contributed by atoms with van der Waals surface area (Å²) in [5.74, 6) is 0.749.